The van der Waals surface area contributed by atoms with Gasteiger partial charge < -0.3 is 41.0 Å². The first kappa shape index (κ1) is 90.9. The smallest absolute Gasteiger partial charge is 0.550 e. The number of aldehydes is 1. The number of benzene rings is 6. The van der Waals surface area contributed by atoms with Gasteiger partial charge in [-0.25, -0.2) is 15.4 Å². The molecule has 2 aromatic heterocycles. The molecule has 0 fully saturated rings. The van der Waals surface area contributed by atoms with Gasteiger partial charge in [0.1, 0.15) is 12.8 Å². The number of hydrogen-bond donors (Lipinski definition) is 7. The summed E-state index contributed by atoms with van der Waals surface area (Å²) in [6.45, 7) is 24.4. The number of nitrogens with one attached hydrogen (secondary N) is 2. The van der Waals surface area contributed by atoms with Crippen molar-refractivity contribution in [2.24, 2.45) is 22.3 Å². The van der Waals surface area contributed by atoms with Gasteiger partial charge in [0.25, 0.3) is 5.91 Å². The summed E-state index contributed by atoms with van der Waals surface area (Å²) in [5, 5.41) is 34.9. The number of primary amides is 2. The summed E-state index contributed by atoms with van der Waals surface area (Å²) in [6, 6.07) is 50.2. The molecule has 0 aliphatic carbocycles. The molecule has 8 rings (SSSR count). The molecule has 21 nitrogen and oxygen atoms in total. The van der Waals surface area contributed by atoms with E-state index in [1.807, 2.05) is 165 Å². The zero-order valence-corrected chi connectivity index (χ0v) is 57.7. The Hall–Kier alpha value is -6.91. The van der Waals surface area contributed by atoms with Crippen LogP contribution in [0.15, 0.2) is 184 Å². The minimum atomic E-state index is -1.08. The number of nitrogens with zero attached hydrogens (tertiary/aromatic N) is 5. The quantitative estimate of drug-likeness (QED) is 0.0146. The molecule has 4 amide bonds. The van der Waals surface area contributed by atoms with Crippen LogP contribution in [0.3, 0.4) is 0 Å². The van der Waals surface area contributed by atoms with E-state index < -0.39 is 23.9 Å². The summed E-state index contributed by atoms with van der Waals surface area (Å²) in [6.07, 6.45) is 2.46. The molecule has 0 atom stereocenters. The predicted octanol–water partition coefficient (Wildman–Crippen LogP) is 6.96. The predicted molar refractivity (Wildman–Crippen MR) is 321 cm³/mol. The number of carboxylic acid groups (broad SMARTS) is 2. The average molecular weight is 1330 g/mol. The zero-order chi connectivity index (χ0) is 61.1. The number of anilines is 2. The van der Waals surface area contributed by atoms with Crippen LogP contribution in [0, 0.1) is 13.8 Å². The van der Waals surface area contributed by atoms with Crippen LogP contribution >= 0.6 is 12.4 Å². The minimum absolute atomic E-state index is 0. The van der Waals surface area contributed by atoms with Gasteiger partial charge in [-0.1, -0.05) is 163 Å². The number of aromatic nitrogens is 4. The van der Waals surface area contributed by atoms with Crippen LogP contribution in [0.4, 0.5) is 16.8 Å². The molecular weight excluding hydrogens is 1260 g/mol. The van der Waals surface area contributed by atoms with Crippen molar-refractivity contribution in [2.75, 3.05) is 17.6 Å². The van der Waals surface area contributed by atoms with E-state index in [1.165, 1.54) is 12.1 Å². The molecule has 8 aromatic rings. The van der Waals surface area contributed by atoms with Crippen LogP contribution in [0.25, 0.3) is 22.9 Å². The Bertz CT molecular complexity index is 2890. The van der Waals surface area contributed by atoms with Gasteiger partial charge in [0.05, 0.1) is 0 Å². The fourth-order valence-corrected chi connectivity index (χ4v) is 4.69. The monoisotopic (exact) mass is 1330 g/mol. The number of aliphatic carboxylic acids is 1. The maximum Gasteiger partial charge on any atom is 1.00 e. The number of urea groups is 1. The number of aliphatic imine (C=N–C) groups is 1. The second kappa shape index (κ2) is 60.7. The second-order valence-electron chi connectivity index (χ2n) is 13.6. The number of carbonyl (C=O) groups is 6. The van der Waals surface area contributed by atoms with Crippen LogP contribution in [0.1, 0.15) is 110 Å². The van der Waals surface area contributed by atoms with Crippen molar-refractivity contribution < 1.29 is 143 Å². The van der Waals surface area contributed by atoms with Crippen molar-refractivity contribution in [2.45, 2.75) is 62.3 Å². The molecule has 0 spiro atoms. The topological polar surface area (TPSA) is 364 Å². The van der Waals surface area contributed by atoms with Crippen molar-refractivity contribution in [1.29, 1.82) is 0 Å². The van der Waals surface area contributed by atoms with Gasteiger partial charge in [0.2, 0.25) is 17.7 Å². The van der Waals surface area contributed by atoms with Crippen molar-refractivity contribution in [3.63, 3.8) is 0 Å². The molecule has 11 N–H and O–H groups in total. The fourth-order valence-electron chi connectivity index (χ4n) is 4.69. The SMILES string of the molecule is CC.CC.CC.CC.CC(=O)[O-].Cl.NC(=O)CN=Cc1ccccc1.NNC(N)=O.Nc1nnc(-c2ccccc2)o1.O=Cc1ccccc1.[CH2-]c1ccc(C(=O)Nc2nnc(-c3ccccc3)o2)cc1.[CH2-]c1ccc(C(=O)O)cc1.[Na+].[Y].[Y]. The molecule has 84 heavy (non-hydrogen) atoms. The van der Waals surface area contributed by atoms with Crippen molar-refractivity contribution in [3.05, 3.63) is 217 Å². The molecule has 2 heterocycles. The van der Waals surface area contributed by atoms with Gasteiger partial charge in [-0.2, -0.15) is 49.2 Å². The summed E-state index contributed by atoms with van der Waals surface area (Å²) < 4.78 is 10.4. The van der Waals surface area contributed by atoms with Gasteiger partial charge in [0, 0.05) is 105 Å². The summed E-state index contributed by atoms with van der Waals surface area (Å²) in [5.74, 6) is 2.55. The Morgan fingerprint density at radius 3 is 1.26 bits per heavy atom. The Morgan fingerprint density at radius 1 is 0.595 bits per heavy atom. The van der Waals surface area contributed by atoms with Gasteiger partial charge in [-0.3, -0.25) is 30.1 Å². The van der Waals surface area contributed by atoms with Gasteiger partial charge in [-0.15, -0.1) is 46.9 Å². The Labute approximate surface area is 571 Å². The molecule has 6 aromatic carbocycles. The molecule has 442 valence electrons. The fraction of sp³-hybridized carbons (Fsp3) is 0.169. The first-order valence-electron chi connectivity index (χ1n) is 24.7. The van der Waals surface area contributed by atoms with Gasteiger partial charge in [-0.05, 0) is 36.8 Å². The number of hydrazine groups is 1. The third kappa shape index (κ3) is 47.6. The average Bonchev–Trinajstić information content (AvgIpc) is 4.16. The summed E-state index contributed by atoms with van der Waals surface area (Å²) in [4.78, 5) is 64.7. The molecule has 0 bridgehead atoms. The largest absolute Gasteiger partial charge is 1.00 e. The van der Waals surface area contributed by atoms with E-state index in [4.69, 9.17) is 35.3 Å². The standard InChI is InChI=1S/C16H12N3O2.C9H10N2O.C8H7N3O.C8H7O2.C7H6O.C2H4O2.4C2H6.CH5N3O.ClH.Na.2Y/c1-11-7-9-12(10-8-11)14(20)17-16-19-18-15(21-16)13-5-3-2-4-6-13;10-9(12)7-11-6-8-4-2-1-3-5-8;9-8-11-10-7(12-8)6-4-2-1-3-5-6;1-6-2-4-7(5-3-6)8(9)10;8-6-7-4-2-1-3-5-7;1-2(3)4;4*1-2;2-1(5)4-3;;;;/h2-10H,1H2,(H,17,19,20);1-6H,7H2,(H2,10,12);1-5H,(H2,9,11);2-5H,1H2,(H,9,10);1-6H;1H3,(H,3,4);4*1-2H3;3H2,(H3,2,4,5);1H;;;/q-1;;;-1;;;;;;;;;+1;;/p-1. The molecule has 0 saturated carbocycles. The molecule has 2 radical (unpaired) electrons. The van der Waals surface area contributed by atoms with Crippen LogP contribution in [0.2, 0.25) is 0 Å². The number of aromatic carboxylic acids is 1. The second-order valence-corrected chi connectivity index (χ2v) is 13.6. The molecule has 0 aliphatic rings. The van der Waals surface area contributed by atoms with Crippen LogP contribution in [-0.2, 0) is 75.0 Å². The number of carbonyl (C=O) groups excluding carboxylic acids is 5. The Morgan fingerprint density at radius 2 is 0.940 bits per heavy atom. The third-order valence-corrected chi connectivity index (χ3v) is 7.91. The number of amides is 4. The zero-order valence-electron chi connectivity index (χ0n) is 49.2. The van der Waals surface area contributed by atoms with Gasteiger partial charge in [0.15, 0.2) is 0 Å². The molecule has 0 aliphatic heterocycles. The molecule has 0 unspecified atom stereocenters. The number of rotatable bonds is 9. The van der Waals surface area contributed by atoms with E-state index in [0.29, 0.717) is 22.9 Å². The Balaban J connectivity index is -0.000000168. The summed E-state index contributed by atoms with van der Waals surface area (Å²) in [7, 11) is 0. The van der Waals surface area contributed by atoms with Crippen LogP contribution in [0.5, 0.6) is 0 Å². The van der Waals surface area contributed by atoms with Crippen molar-refractivity contribution in [3.8, 4) is 22.9 Å². The summed E-state index contributed by atoms with van der Waals surface area (Å²) in [5.41, 5.74) is 22.1. The molecular formula is C59H75ClN11NaO10Y2-2. The first-order chi connectivity index (χ1) is 38.5. The Kier molecular flexibility index (Phi) is 65.6. The van der Waals surface area contributed by atoms with E-state index in [1.54, 1.807) is 60.2 Å². The van der Waals surface area contributed by atoms with E-state index in [2.05, 4.69) is 56.1 Å². The van der Waals surface area contributed by atoms with Crippen molar-refractivity contribution >= 4 is 66.7 Å². The summed E-state index contributed by atoms with van der Waals surface area (Å²) >= 11 is 0. The number of hydrogen-bond acceptors (Lipinski definition) is 16. The van der Waals surface area contributed by atoms with E-state index in [0.717, 1.165) is 46.6 Å². The maximum absolute atomic E-state index is 12.0. The number of nitrogen functional groups attached to an aromatic ring is 1. The van der Waals surface area contributed by atoms with Gasteiger partial charge >= 0.3 is 53.6 Å². The first-order valence-corrected chi connectivity index (χ1v) is 24.7. The molecule has 25 heteroatoms. The van der Waals surface area contributed by atoms with Crippen LogP contribution < -0.4 is 68.5 Å². The van der Waals surface area contributed by atoms with E-state index >= 15 is 0 Å². The maximum atomic E-state index is 12.0. The van der Waals surface area contributed by atoms with Crippen molar-refractivity contribution in [1.82, 2.24) is 25.8 Å². The number of halogens is 1. The van der Waals surface area contributed by atoms with Crippen LogP contribution in [-0.4, -0.2) is 74.3 Å². The normalized spacial score (nSPS) is 8.36. The number of carboxylic acids is 2. The number of nitrogens with two attached hydrogens (primary N) is 4. The van der Waals surface area contributed by atoms with E-state index in [9.17, 15) is 24.0 Å². The minimum Gasteiger partial charge on any atom is -0.550 e. The van der Waals surface area contributed by atoms with E-state index in [-0.39, 0.29) is 132 Å². The third-order valence-electron chi connectivity index (χ3n) is 7.91. The molecule has 0 saturated heterocycles.